The summed E-state index contributed by atoms with van der Waals surface area (Å²) in [6.45, 7) is 0. The maximum absolute atomic E-state index is 8.61. The Morgan fingerprint density at radius 1 is 0.538 bits per heavy atom. The molecule has 0 aromatic heterocycles. The van der Waals surface area contributed by atoms with Crippen molar-refractivity contribution in [1.29, 1.82) is 0 Å². The Balaban J connectivity index is -0.0000000267. The molecule has 0 fully saturated rings. The van der Waals surface area contributed by atoms with E-state index in [1.165, 1.54) is 0 Å². The molecule has 0 heterocycles. The summed E-state index contributed by atoms with van der Waals surface area (Å²) in [5.74, 6) is 0. The monoisotopic (exact) mass is 452 g/mol. The van der Waals surface area contributed by atoms with Crippen molar-refractivity contribution in [2.24, 2.45) is 0 Å². The second-order valence-electron chi connectivity index (χ2n) is 0.894. The Labute approximate surface area is 110 Å². The summed E-state index contributed by atoms with van der Waals surface area (Å²) in [5, 5.41) is 0. The average molecular weight is 454 g/mol. The van der Waals surface area contributed by atoms with Crippen LogP contribution in [-0.2, 0) is 57.0 Å². The zero-order chi connectivity index (χ0) is 9.00. The Bertz CT molecular complexity index is 130. The third-order valence-electron chi connectivity index (χ3n) is 0. The molecule has 0 aliphatic heterocycles. The summed E-state index contributed by atoms with van der Waals surface area (Å²) >= 11 is -11.8. The molecule has 13 heavy (non-hydrogen) atoms. The maximum atomic E-state index is 8.61. The van der Waals surface area contributed by atoms with E-state index in [9.17, 15) is 0 Å². The van der Waals surface area contributed by atoms with Gasteiger partial charge >= 0.3 is 111 Å². The molecule has 0 bridgehead atoms. The van der Waals surface area contributed by atoms with Crippen molar-refractivity contribution in [3.8, 4) is 0 Å². The minimum atomic E-state index is -5.88. The summed E-state index contributed by atoms with van der Waals surface area (Å²) in [6, 6.07) is 0. The third-order valence-corrected chi connectivity index (χ3v) is 0. The minimum absolute atomic E-state index is 0. The van der Waals surface area contributed by atoms with Crippen molar-refractivity contribution in [3.05, 3.63) is 0 Å². The smallest absolute Gasteiger partial charge is 2.00 e. The van der Waals surface area contributed by atoms with Crippen LogP contribution in [0, 0.1) is 0 Å². The van der Waals surface area contributed by atoms with E-state index in [0.29, 0.717) is 0 Å². The van der Waals surface area contributed by atoms with E-state index >= 15 is 0 Å². The first-order valence-corrected chi connectivity index (χ1v) is 7.59. The van der Waals surface area contributed by atoms with Crippen molar-refractivity contribution in [1.82, 2.24) is 0 Å². The third kappa shape index (κ3) is 521. The molecule has 13 heteroatoms. The number of rotatable bonds is 0. The van der Waals surface area contributed by atoms with Gasteiger partial charge in [-0.15, -0.1) is 0 Å². The molecular formula is As2Ni3O8. The zero-order valence-electron chi connectivity index (χ0n) is 5.11. The SMILES string of the molecule is O=[As]([O-])([O-])[O-].O=[As]([O-])([O-])[O-].[Ni+2].[Ni+2].[Ni+2]. The molecule has 0 aromatic rings. The molecule has 0 rings (SSSR count). The normalized spacial score (nSPS) is 9.08. The molecule has 8 nitrogen and oxygen atoms in total. The van der Waals surface area contributed by atoms with Crippen molar-refractivity contribution in [2.75, 3.05) is 0 Å². The molecule has 0 aromatic carbocycles. The van der Waals surface area contributed by atoms with E-state index in [0.717, 1.165) is 0 Å². The van der Waals surface area contributed by atoms with Crippen molar-refractivity contribution >= 4 is 29.0 Å². The van der Waals surface area contributed by atoms with Crippen LogP contribution in [0.5, 0.6) is 0 Å². The second kappa shape index (κ2) is 12.0. The van der Waals surface area contributed by atoms with E-state index in [1.54, 1.807) is 0 Å². The Morgan fingerprint density at radius 2 is 0.538 bits per heavy atom. The van der Waals surface area contributed by atoms with Crippen LogP contribution in [0.25, 0.3) is 0 Å². The summed E-state index contributed by atoms with van der Waals surface area (Å²) in [4.78, 5) is 0. The van der Waals surface area contributed by atoms with Gasteiger partial charge < -0.3 is 0 Å². The van der Waals surface area contributed by atoms with Gasteiger partial charge in [-0.2, -0.15) is 0 Å². The van der Waals surface area contributed by atoms with Crippen LogP contribution in [0.2, 0.25) is 0 Å². The fraction of sp³-hybridized carbons (Fsp3) is 0. The summed E-state index contributed by atoms with van der Waals surface area (Å²) in [6.07, 6.45) is 0. The average Bonchev–Trinajstić information content (AvgIpc) is 1.12. The van der Waals surface area contributed by atoms with E-state index in [2.05, 4.69) is 0 Å². The van der Waals surface area contributed by atoms with E-state index < -0.39 is 29.0 Å². The largest absolute Gasteiger partial charge is 2.00 e. The van der Waals surface area contributed by atoms with Gasteiger partial charge in [0.2, 0.25) is 0 Å². The van der Waals surface area contributed by atoms with Crippen LogP contribution >= 0.6 is 0 Å². The van der Waals surface area contributed by atoms with Crippen LogP contribution in [0.4, 0.5) is 0 Å². The minimum Gasteiger partial charge on any atom is 2.00 e. The molecule has 88 valence electrons. The van der Waals surface area contributed by atoms with Crippen LogP contribution in [0.15, 0.2) is 0 Å². The first-order valence-electron chi connectivity index (χ1n) is 1.46. The Morgan fingerprint density at radius 3 is 0.538 bits per heavy atom. The predicted octanol–water partition coefficient (Wildman–Crippen LogP) is -8.14. The Hall–Kier alpha value is 1.96. The molecule has 0 aliphatic carbocycles. The predicted molar refractivity (Wildman–Crippen MR) is 12.9 cm³/mol. The van der Waals surface area contributed by atoms with Crippen LogP contribution in [0.3, 0.4) is 0 Å². The molecule has 0 N–H and O–H groups in total. The zero-order valence-corrected chi connectivity index (χ0v) is 11.8. The molecule has 0 radical (unpaired) electrons. The first-order chi connectivity index (χ1) is 4.00. The van der Waals surface area contributed by atoms with Gasteiger partial charge in [-0.3, -0.25) is 0 Å². The van der Waals surface area contributed by atoms with Crippen LogP contribution in [-0.4, -0.2) is 29.0 Å². The van der Waals surface area contributed by atoms with E-state index in [4.69, 9.17) is 32.1 Å². The van der Waals surface area contributed by atoms with E-state index in [1.807, 2.05) is 0 Å². The van der Waals surface area contributed by atoms with Gasteiger partial charge in [0.15, 0.2) is 0 Å². The fourth-order valence-corrected chi connectivity index (χ4v) is 0. The van der Waals surface area contributed by atoms with Gasteiger partial charge in [0.25, 0.3) is 0 Å². The Kier molecular flexibility index (Phi) is 27.2. The molecule has 0 unspecified atom stereocenters. The number of hydrogen-bond acceptors (Lipinski definition) is 8. The summed E-state index contributed by atoms with van der Waals surface area (Å²) < 4.78 is 68.9. The molecule has 0 amide bonds. The second-order valence-corrected chi connectivity index (χ2v) is 4.65. The quantitative estimate of drug-likeness (QED) is 0.325. The molecule has 0 spiro atoms. The summed E-state index contributed by atoms with van der Waals surface area (Å²) in [7, 11) is 0. The fourth-order valence-electron chi connectivity index (χ4n) is 0. The summed E-state index contributed by atoms with van der Waals surface area (Å²) in [5.41, 5.74) is 0. The van der Waals surface area contributed by atoms with Crippen LogP contribution < -0.4 is 24.6 Å². The number of hydrogen-bond donors (Lipinski definition) is 0. The van der Waals surface area contributed by atoms with Crippen molar-refractivity contribution in [2.45, 2.75) is 0 Å². The molecule has 0 aliphatic rings. The topological polar surface area (TPSA) is 172 Å². The van der Waals surface area contributed by atoms with Gasteiger partial charge in [0, 0.05) is 0 Å². The van der Waals surface area contributed by atoms with E-state index in [-0.39, 0.29) is 49.5 Å². The standard InChI is InChI=1S/2AsH3O4.3Ni/c2*2-1(3,4)5;;;/h2*(H3,2,3,4,5);;;/q;;3*+2/p-6. The van der Waals surface area contributed by atoms with Gasteiger partial charge in [-0.05, 0) is 0 Å². The van der Waals surface area contributed by atoms with Gasteiger partial charge in [-0.25, -0.2) is 0 Å². The van der Waals surface area contributed by atoms with Crippen LogP contribution in [0.1, 0.15) is 0 Å². The molecule has 0 saturated carbocycles. The molecule has 0 saturated heterocycles. The molecular weight excluding hydrogens is 454 g/mol. The molecule has 0 atom stereocenters. The van der Waals surface area contributed by atoms with Gasteiger partial charge in [0.1, 0.15) is 0 Å². The van der Waals surface area contributed by atoms with Gasteiger partial charge in [0.05, 0.1) is 0 Å². The van der Waals surface area contributed by atoms with Crippen molar-refractivity contribution in [3.63, 3.8) is 0 Å². The first kappa shape index (κ1) is 29.4. The van der Waals surface area contributed by atoms with Gasteiger partial charge in [-0.1, -0.05) is 0 Å². The van der Waals surface area contributed by atoms with Crippen molar-refractivity contribution < 1.29 is 81.5 Å². The maximum Gasteiger partial charge on any atom is 2.00 e.